The standard InChI is InChI=1S/C35H44ClN3O6/c1-5-6-7-8-9-10-11-12-13-14-21-45-35(44)27-19-20-28(36)29(22-27)37-33(41)31(32(40)26-17-15-23(2)16-18-26)39-25(4)30(34(42)43)24(3)38-39/h15-20,22,31H,5-14,21H2,1-4H3,(H,37,41)(H,42,43). The lowest BCUT2D eigenvalue weighted by Crippen LogP contribution is -2.34. The fourth-order valence-corrected chi connectivity index (χ4v) is 5.39. The first-order valence-electron chi connectivity index (χ1n) is 15.7. The number of rotatable bonds is 18. The number of nitrogens with one attached hydrogen (secondary N) is 1. The number of hydrogen-bond acceptors (Lipinski definition) is 6. The number of halogens is 1. The summed E-state index contributed by atoms with van der Waals surface area (Å²) in [6.07, 6.45) is 11.7. The van der Waals surface area contributed by atoms with E-state index in [4.69, 9.17) is 16.3 Å². The Morgan fingerprint density at radius 3 is 2.02 bits per heavy atom. The van der Waals surface area contributed by atoms with Crippen molar-refractivity contribution >= 4 is 40.9 Å². The number of esters is 1. The second-order valence-corrected chi connectivity index (χ2v) is 11.8. The zero-order valence-corrected chi connectivity index (χ0v) is 27.4. The van der Waals surface area contributed by atoms with E-state index in [-0.39, 0.29) is 45.4 Å². The molecule has 10 heteroatoms. The highest BCUT2D eigenvalue weighted by atomic mass is 35.5. The molecule has 0 aliphatic rings. The largest absolute Gasteiger partial charge is 0.478 e. The van der Waals surface area contributed by atoms with Crippen molar-refractivity contribution in [2.24, 2.45) is 0 Å². The van der Waals surface area contributed by atoms with E-state index in [0.29, 0.717) is 0 Å². The normalized spacial score (nSPS) is 11.7. The van der Waals surface area contributed by atoms with Gasteiger partial charge in [-0.3, -0.25) is 9.59 Å². The fraction of sp³-hybridized carbons (Fsp3) is 0.457. The van der Waals surface area contributed by atoms with Crippen LogP contribution in [-0.2, 0) is 9.53 Å². The number of unbranched alkanes of at least 4 members (excludes halogenated alkanes) is 9. The highest BCUT2D eigenvalue weighted by Crippen LogP contribution is 2.27. The number of aromatic carboxylic acids is 1. The Kier molecular flexibility index (Phi) is 13.8. The summed E-state index contributed by atoms with van der Waals surface area (Å²) in [5.41, 5.74) is 1.71. The highest BCUT2D eigenvalue weighted by molar-refractivity contribution is 6.34. The Bertz CT molecular complexity index is 1480. The van der Waals surface area contributed by atoms with Crippen molar-refractivity contribution in [3.63, 3.8) is 0 Å². The van der Waals surface area contributed by atoms with E-state index in [1.165, 1.54) is 77.0 Å². The monoisotopic (exact) mass is 637 g/mol. The van der Waals surface area contributed by atoms with Crippen LogP contribution in [0.3, 0.4) is 0 Å². The van der Waals surface area contributed by atoms with Gasteiger partial charge in [0, 0.05) is 5.56 Å². The summed E-state index contributed by atoms with van der Waals surface area (Å²) in [6.45, 7) is 7.37. The van der Waals surface area contributed by atoms with Crippen LogP contribution in [0.2, 0.25) is 5.02 Å². The molecule has 242 valence electrons. The summed E-state index contributed by atoms with van der Waals surface area (Å²) >= 11 is 6.38. The maximum absolute atomic E-state index is 13.7. The van der Waals surface area contributed by atoms with Gasteiger partial charge in [0.1, 0.15) is 5.56 Å². The average Bonchev–Trinajstić information content (AvgIpc) is 3.30. The van der Waals surface area contributed by atoms with Crippen LogP contribution in [0.1, 0.15) is 125 Å². The van der Waals surface area contributed by atoms with Crippen LogP contribution < -0.4 is 5.32 Å². The summed E-state index contributed by atoms with van der Waals surface area (Å²) < 4.78 is 6.58. The van der Waals surface area contributed by atoms with Crippen LogP contribution in [0.4, 0.5) is 5.69 Å². The highest BCUT2D eigenvalue weighted by Gasteiger charge is 2.34. The van der Waals surface area contributed by atoms with Crippen LogP contribution >= 0.6 is 11.6 Å². The fourth-order valence-electron chi connectivity index (χ4n) is 5.23. The molecule has 0 saturated carbocycles. The van der Waals surface area contributed by atoms with E-state index in [9.17, 15) is 24.3 Å². The van der Waals surface area contributed by atoms with Crippen molar-refractivity contribution < 1.29 is 29.0 Å². The van der Waals surface area contributed by atoms with Crippen molar-refractivity contribution in [1.82, 2.24) is 9.78 Å². The molecule has 45 heavy (non-hydrogen) atoms. The quantitative estimate of drug-likeness (QED) is 0.0621. The molecule has 0 fully saturated rings. The third kappa shape index (κ3) is 10.0. The van der Waals surface area contributed by atoms with Gasteiger partial charge < -0.3 is 15.2 Å². The minimum absolute atomic E-state index is 0.0882. The lowest BCUT2D eigenvalue weighted by Gasteiger charge is -2.19. The van der Waals surface area contributed by atoms with Gasteiger partial charge >= 0.3 is 11.9 Å². The molecular formula is C35H44ClN3O6. The van der Waals surface area contributed by atoms with E-state index in [1.54, 1.807) is 24.3 Å². The van der Waals surface area contributed by atoms with Crippen LogP contribution in [0, 0.1) is 20.8 Å². The Hall–Kier alpha value is -3.98. The Labute approximate surface area is 270 Å². The molecule has 0 aliphatic carbocycles. The molecular weight excluding hydrogens is 594 g/mol. The molecule has 0 bridgehead atoms. The number of aryl methyl sites for hydroxylation is 2. The number of ketones is 1. The predicted molar refractivity (Wildman–Crippen MR) is 175 cm³/mol. The molecule has 1 unspecified atom stereocenters. The second-order valence-electron chi connectivity index (χ2n) is 11.4. The van der Waals surface area contributed by atoms with Gasteiger partial charge in [-0.25, -0.2) is 14.3 Å². The van der Waals surface area contributed by atoms with Gasteiger partial charge in [0.2, 0.25) is 0 Å². The lowest BCUT2D eigenvalue weighted by molar-refractivity contribution is -0.118. The minimum atomic E-state index is -1.54. The molecule has 3 aromatic rings. The van der Waals surface area contributed by atoms with E-state index in [1.807, 2.05) is 6.92 Å². The molecule has 0 radical (unpaired) electrons. The SMILES string of the molecule is CCCCCCCCCCCCOC(=O)c1ccc(Cl)c(NC(=O)C(C(=O)c2ccc(C)cc2)n2nc(C)c(C(=O)O)c2C)c1. The average molecular weight is 638 g/mol. The lowest BCUT2D eigenvalue weighted by atomic mass is 10.0. The number of benzene rings is 2. The smallest absolute Gasteiger partial charge is 0.339 e. The molecule has 1 amide bonds. The second kappa shape index (κ2) is 17.5. The van der Waals surface area contributed by atoms with Crippen LogP contribution in [0.5, 0.6) is 0 Å². The van der Waals surface area contributed by atoms with Gasteiger partial charge in [-0.05, 0) is 45.4 Å². The molecule has 0 aliphatic heterocycles. The molecule has 3 rings (SSSR count). The van der Waals surface area contributed by atoms with Gasteiger partial charge in [0.15, 0.2) is 11.8 Å². The van der Waals surface area contributed by atoms with Crippen molar-refractivity contribution in [2.45, 2.75) is 97.9 Å². The van der Waals surface area contributed by atoms with Crippen molar-refractivity contribution in [3.8, 4) is 0 Å². The molecule has 0 saturated heterocycles. The summed E-state index contributed by atoms with van der Waals surface area (Å²) in [5, 5.41) is 16.7. The van der Waals surface area contributed by atoms with Crippen molar-refractivity contribution in [3.05, 3.63) is 81.1 Å². The third-order valence-corrected chi connectivity index (χ3v) is 8.14. The number of anilines is 1. The van der Waals surface area contributed by atoms with E-state index in [2.05, 4.69) is 17.3 Å². The van der Waals surface area contributed by atoms with Crippen molar-refractivity contribution in [2.75, 3.05) is 11.9 Å². The first-order chi connectivity index (χ1) is 21.5. The zero-order chi connectivity index (χ0) is 32.9. The maximum atomic E-state index is 13.7. The minimum Gasteiger partial charge on any atom is -0.478 e. The van der Waals surface area contributed by atoms with Gasteiger partial charge in [0.25, 0.3) is 5.91 Å². The zero-order valence-electron chi connectivity index (χ0n) is 26.7. The molecule has 2 N–H and O–H groups in total. The topological polar surface area (TPSA) is 128 Å². The Morgan fingerprint density at radius 1 is 0.867 bits per heavy atom. The van der Waals surface area contributed by atoms with Gasteiger partial charge in [-0.1, -0.05) is 106 Å². The number of carbonyl (C=O) groups excluding carboxylic acids is 3. The van der Waals surface area contributed by atoms with E-state index < -0.39 is 29.7 Å². The van der Waals surface area contributed by atoms with Crippen LogP contribution in [0.25, 0.3) is 0 Å². The van der Waals surface area contributed by atoms with Crippen LogP contribution in [0.15, 0.2) is 42.5 Å². The van der Waals surface area contributed by atoms with Crippen molar-refractivity contribution in [1.29, 1.82) is 0 Å². The predicted octanol–water partition coefficient (Wildman–Crippen LogP) is 8.30. The van der Waals surface area contributed by atoms with E-state index in [0.717, 1.165) is 29.5 Å². The number of aromatic nitrogens is 2. The number of nitrogens with zero attached hydrogens (tertiary/aromatic N) is 2. The maximum Gasteiger partial charge on any atom is 0.339 e. The molecule has 1 heterocycles. The first-order valence-corrected chi connectivity index (χ1v) is 16.1. The number of carboxylic acid groups (broad SMARTS) is 1. The number of amides is 1. The third-order valence-electron chi connectivity index (χ3n) is 7.81. The first kappa shape index (κ1) is 35.5. The Balaban J connectivity index is 1.69. The Morgan fingerprint density at radius 2 is 1.44 bits per heavy atom. The van der Waals surface area contributed by atoms with Crippen LogP contribution in [-0.4, -0.2) is 45.1 Å². The number of ether oxygens (including phenoxy) is 1. The number of carbonyl (C=O) groups is 4. The molecule has 1 atom stereocenters. The molecule has 1 aromatic heterocycles. The van der Waals surface area contributed by atoms with Gasteiger partial charge in [-0.2, -0.15) is 5.10 Å². The summed E-state index contributed by atoms with van der Waals surface area (Å²) in [6, 6.07) is 9.52. The van der Waals surface area contributed by atoms with Gasteiger partial charge in [0.05, 0.1) is 34.3 Å². The summed E-state index contributed by atoms with van der Waals surface area (Å²) in [4.78, 5) is 52.1. The molecule has 9 nitrogen and oxygen atoms in total. The molecule has 2 aromatic carbocycles. The van der Waals surface area contributed by atoms with Gasteiger partial charge in [-0.15, -0.1) is 0 Å². The van der Waals surface area contributed by atoms with E-state index >= 15 is 0 Å². The summed E-state index contributed by atoms with van der Waals surface area (Å²) in [7, 11) is 0. The summed E-state index contributed by atoms with van der Waals surface area (Å²) in [5.74, 6) is -3.14. The number of hydrogen-bond donors (Lipinski definition) is 2. The number of carboxylic acids is 1. The molecule has 0 spiro atoms. The number of Topliss-reactive ketones (excluding diaryl/α,β-unsaturated/α-hetero) is 1.